The van der Waals surface area contributed by atoms with Gasteiger partial charge in [-0.25, -0.2) is 0 Å². The second kappa shape index (κ2) is 6.73. The van der Waals surface area contributed by atoms with E-state index in [9.17, 15) is 14.9 Å². The van der Waals surface area contributed by atoms with Crippen LogP contribution in [0.4, 0.5) is 11.6 Å². The number of hydrogen-bond donors (Lipinski definition) is 2. The molecule has 0 aliphatic heterocycles. The van der Waals surface area contributed by atoms with E-state index < -0.39 is 4.92 Å². The van der Waals surface area contributed by atoms with Crippen LogP contribution in [0.5, 0.6) is 0 Å². The Labute approximate surface area is 136 Å². The maximum Gasteiger partial charge on any atom is 0.372 e. The highest BCUT2D eigenvalue weighted by Crippen LogP contribution is 2.24. The van der Waals surface area contributed by atoms with Gasteiger partial charge in [0.05, 0.1) is 11.8 Å². The van der Waals surface area contributed by atoms with Crippen LogP contribution in [0.2, 0.25) is 0 Å². The predicted molar refractivity (Wildman–Crippen MR) is 86.9 cm³/mol. The quantitative estimate of drug-likeness (QED) is 0.403. The smallest absolute Gasteiger partial charge is 0.361 e. The molecule has 2 N–H and O–H groups in total. The van der Waals surface area contributed by atoms with E-state index in [2.05, 4.69) is 20.6 Å². The number of amides is 1. The summed E-state index contributed by atoms with van der Waals surface area (Å²) >= 11 is 0. The first kappa shape index (κ1) is 15.4. The monoisotopic (exact) mass is 326 g/mol. The van der Waals surface area contributed by atoms with Crippen molar-refractivity contribution in [2.45, 2.75) is 0 Å². The Balaban J connectivity index is 1.63. The molecule has 9 heteroatoms. The molecule has 9 nitrogen and oxygen atoms in total. The van der Waals surface area contributed by atoms with Crippen LogP contribution < -0.4 is 10.6 Å². The number of pyridine rings is 2. The van der Waals surface area contributed by atoms with Crippen molar-refractivity contribution in [1.82, 2.24) is 19.7 Å². The van der Waals surface area contributed by atoms with Gasteiger partial charge in [0.15, 0.2) is 0 Å². The van der Waals surface area contributed by atoms with Gasteiger partial charge in [0.2, 0.25) is 11.5 Å². The van der Waals surface area contributed by atoms with Crippen LogP contribution in [-0.2, 0) is 0 Å². The lowest BCUT2D eigenvalue weighted by atomic mass is 10.3. The highest BCUT2D eigenvalue weighted by atomic mass is 16.6. The second-order valence-electron chi connectivity index (χ2n) is 4.89. The maximum atomic E-state index is 11.9. The molecular weight excluding hydrogens is 312 g/mol. The molecule has 0 aliphatic rings. The summed E-state index contributed by atoms with van der Waals surface area (Å²) in [6.07, 6.45) is 4.63. The summed E-state index contributed by atoms with van der Waals surface area (Å²) in [4.78, 5) is 30.7. The SMILES string of the molecule is O=C(NCCNc1nc2ccccn2c1[N+](=O)[O-])c1cccnc1. The first-order valence-electron chi connectivity index (χ1n) is 7.20. The van der Waals surface area contributed by atoms with Crippen LogP contribution in [0.15, 0.2) is 48.9 Å². The molecule has 0 atom stereocenters. The van der Waals surface area contributed by atoms with E-state index in [1.807, 2.05) is 0 Å². The zero-order valence-corrected chi connectivity index (χ0v) is 12.5. The molecule has 0 fully saturated rings. The number of carbonyl (C=O) groups is 1. The van der Waals surface area contributed by atoms with Gasteiger partial charge in [-0.05, 0) is 23.1 Å². The zero-order valence-electron chi connectivity index (χ0n) is 12.5. The Bertz CT molecular complexity index is 877. The first-order valence-corrected chi connectivity index (χ1v) is 7.20. The average Bonchev–Trinajstić information content (AvgIpc) is 2.97. The summed E-state index contributed by atoms with van der Waals surface area (Å²) in [6, 6.07) is 8.46. The number of hydrogen-bond acceptors (Lipinski definition) is 6. The molecule has 3 rings (SSSR count). The lowest BCUT2D eigenvalue weighted by molar-refractivity contribution is -0.389. The average molecular weight is 326 g/mol. The van der Waals surface area contributed by atoms with Crippen LogP contribution in [0.25, 0.3) is 5.65 Å². The number of rotatable bonds is 6. The fourth-order valence-electron chi connectivity index (χ4n) is 2.23. The van der Waals surface area contributed by atoms with Gasteiger partial charge in [-0.2, -0.15) is 9.38 Å². The molecule has 0 aromatic carbocycles. The van der Waals surface area contributed by atoms with Gasteiger partial charge < -0.3 is 20.7 Å². The lowest BCUT2D eigenvalue weighted by Gasteiger charge is -2.06. The molecule has 1 amide bonds. The first-order chi connectivity index (χ1) is 11.7. The van der Waals surface area contributed by atoms with Crippen molar-refractivity contribution in [2.24, 2.45) is 0 Å². The minimum atomic E-state index is -0.490. The molecule has 24 heavy (non-hydrogen) atoms. The number of aromatic nitrogens is 3. The topological polar surface area (TPSA) is 114 Å². The Kier molecular flexibility index (Phi) is 4.32. The summed E-state index contributed by atoms with van der Waals surface area (Å²) in [5, 5.41) is 16.8. The Morgan fingerprint density at radius 3 is 2.88 bits per heavy atom. The molecule has 0 saturated carbocycles. The molecule has 3 heterocycles. The molecule has 0 bridgehead atoms. The number of nitro groups is 1. The third-order valence-corrected chi connectivity index (χ3v) is 3.30. The van der Waals surface area contributed by atoms with Gasteiger partial charge in [0.1, 0.15) is 0 Å². The molecular formula is C15H14N6O3. The molecule has 0 aliphatic carbocycles. The molecule has 0 spiro atoms. The van der Waals surface area contributed by atoms with E-state index in [-0.39, 0.29) is 17.5 Å². The van der Waals surface area contributed by atoms with Crippen molar-refractivity contribution in [3.63, 3.8) is 0 Å². The molecule has 122 valence electrons. The van der Waals surface area contributed by atoms with E-state index in [0.717, 1.165) is 0 Å². The van der Waals surface area contributed by atoms with Crippen LogP contribution in [0, 0.1) is 10.1 Å². The Hall–Kier alpha value is -3.49. The molecule has 0 unspecified atom stereocenters. The van der Waals surface area contributed by atoms with Crippen molar-refractivity contribution in [2.75, 3.05) is 18.4 Å². The van der Waals surface area contributed by atoms with Gasteiger partial charge in [0.25, 0.3) is 5.91 Å². The standard InChI is InChI=1S/C15H14N6O3/c22-14(11-4-3-6-16-10-11)18-8-7-17-13-15(21(23)24)20-9-2-1-5-12(20)19-13/h1-6,9-10,17H,7-8H2,(H,18,22). The molecule has 3 aromatic heterocycles. The van der Waals surface area contributed by atoms with Gasteiger partial charge in [-0.15, -0.1) is 0 Å². The normalized spacial score (nSPS) is 10.5. The third kappa shape index (κ3) is 3.14. The summed E-state index contributed by atoms with van der Waals surface area (Å²) in [5.41, 5.74) is 0.933. The van der Waals surface area contributed by atoms with Crippen molar-refractivity contribution >= 4 is 23.2 Å². The Morgan fingerprint density at radius 2 is 2.12 bits per heavy atom. The van der Waals surface area contributed by atoms with E-state index in [1.165, 1.54) is 10.6 Å². The molecule has 0 radical (unpaired) electrons. The lowest BCUT2D eigenvalue weighted by Crippen LogP contribution is -2.28. The second-order valence-corrected chi connectivity index (χ2v) is 4.89. The van der Waals surface area contributed by atoms with Gasteiger partial charge in [-0.3, -0.25) is 9.78 Å². The van der Waals surface area contributed by atoms with Gasteiger partial charge >= 0.3 is 5.82 Å². The number of nitrogens with zero attached hydrogens (tertiary/aromatic N) is 4. The van der Waals surface area contributed by atoms with E-state index >= 15 is 0 Å². The predicted octanol–water partition coefficient (Wildman–Crippen LogP) is 1.48. The van der Waals surface area contributed by atoms with E-state index in [0.29, 0.717) is 24.3 Å². The van der Waals surface area contributed by atoms with Crippen LogP contribution in [0.1, 0.15) is 10.4 Å². The number of carbonyl (C=O) groups excluding carboxylic acids is 1. The van der Waals surface area contributed by atoms with E-state index in [1.54, 1.807) is 42.7 Å². The van der Waals surface area contributed by atoms with Crippen LogP contribution in [0.3, 0.4) is 0 Å². The number of imidazole rings is 1. The summed E-state index contributed by atoms with van der Waals surface area (Å²) in [6.45, 7) is 0.593. The maximum absolute atomic E-state index is 11.9. The fraction of sp³-hybridized carbons (Fsp3) is 0.133. The highest BCUT2D eigenvalue weighted by Gasteiger charge is 2.21. The zero-order chi connectivity index (χ0) is 16.9. The third-order valence-electron chi connectivity index (χ3n) is 3.30. The summed E-state index contributed by atoms with van der Waals surface area (Å²) in [7, 11) is 0. The van der Waals surface area contributed by atoms with Crippen molar-refractivity contribution < 1.29 is 9.72 Å². The van der Waals surface area contributed by atoms with Crippen molar-refractivity contribution in [3.8, 4) is 0 Å². The number of nitrogens with one attached hydrogen (secondary N) is 2. The number of anilines is 1. The minimum absolute atomic E-state index is 0.135. The van der Waals surface area contributed by atoms with E-state index in [4.69, 9.17) is 0 Å². The van der Waals surface area contributed by atoms with Gasteiger partial charge in [0, 0.05) is 31.5 Å². The molecule has 0 saturated heterocycles. The van der Waals surface area contributed by atoms with Crippen LogP contribution in [-0.4, -0.2) is 38.3 Å². The van der Waals surface area contributed by atoms with Crippen molar-refractivity contribution in [1.29, 1.82) is 0 Å². The van der Waals surface area contributed by atoms with Crippen molar-refractivity contribution in [3.05, 3.63) is 64.6 Å². The number of fused-ring (bicyclic) bond motifs is 1. The minimum Gasteiger partial charge on any atom is -0.361 e. The molecule has 3 aromatic rings. The van der Waals surface area contributed by atoms with Crippen LogP contribution >= 0.6 is 0 Å². The fourth-order valence-corrected chi connectivity index (χ4v) is 2.23. The summed E-state index contributed by atoms with van der Waals surface area (Å²) < 4.78 is 1.40. The highest BCUT2D eigenvalue weighted by molar-refractivity contribution is 5.93. The largest absolute Gasteiger partial charge is 0.372 e. The Morgan fingerprint density at radius 1 is 1.25 bits per heavy atom. The van der Waals surface area contributed by atoms with Gasteiger partial charge in [-0.1, -0.05) is 6.07 Å². The summed E-state index contributed by atoms with van der Waals surface area (Å²) in [5.74, 6) is -0.222.